The maximum atomic E-state index is 12.6. The number of nitrogens with zero attached hydrogens (tertiary/aromatic N) is 4. The Labute approximate surface area is 191 Å². The number of benzene rings is 2. The first-order chi connectivity index (χ1) is 16.1. The van der Waals surface area contributed by atoms with E-state index in [9.17, 15) is 4.79 Å². The second-order valence-corrected chi connectivity index (χ2v) is 8.16. The van der Waals surface area contributed by atoms with Gasteiger partial charge in [0.15, 0.2) is 12.4 Å². The van der Waals surface area contributed by atoms with Gasteiger partial charge in [0.1, 0.15) is 5.75 Å². The summed E-state index contributed by atoms with van der Waals surface area (Å²) in [7, 11) is 3.95. The summed E-state index contributed by atoms with van der Waals surface area (Å²) in [6.07, 6.45) is 1.81. The zero-order valence-electron chi connectivity index (χ0n) is 18.6. The highest BCUT2D eigenvalue weighted by Crippen LogP contribution is 2.34. The van der Waals surface area contributed by atoms with Crippen molar-refractivity contribution in [1.29, 1.82) is 0 Å². The van der Waals surface area contributed by atoms with Crippen LogP contribution in [0, 0.1) is 0 Å². The molecule has 33 heavy (non-hydrogen) atoms. The van der Waals surface area contributed by atoms with Crippen molar-refractivity contribution in [2.75, 3.05) is 34.0 Å². The monoisotopic (exact) mass is 443 g/mol. The van der Waals surface area contributed by atoms with Gasteiger partial charge in [-0.1, -0.05) is 24.3 Å². The van der Waals surface area contributed by atoms with E-state index < -0.39 is 0 Å². The zero-order chi connectivity index (χ0) is 22.8. The summed E-state index contributed by atoms with van der Waals surface area (Å²) < 4.78 is 13.0. The molecule has 8 nitrogen and oxygen atoms in total. The van der Waals surface area contributed by atoms with E-state index in [0.29, 0.717) is 18.7 Å². The Morgan fingerprint density at radius 1 is 1.15 bits per heavy atom. The molecule has 0 bridgehead atoms. The standard InChI is InChI=1S/C25H25N5O3/c1-29(2)12-11-26-25(31)18-6-3-5-17(13-18)21-9-10-24-27-14-22(30(24)28-21)19-7-4-8-23-20(19)15-32-16-33-23/h3-10,13-14H,11-12,15-16H2,1-2H3,(H,26,31). The van der Waals surface area contributed by atoms with Crippen LogP contribution in [0.4, 0.5) is 0 Å². The largest absolute Gasteiger partial charge is 0.467 e. The lowest BCUT2D eigenvalue weighted by atomic mass is 10.0. The Morgan fingerprint density at radius 2 is 2.03 bits per heavy atom. The van der Waals surface area contributed by atoms with Gasteiger partial charge in [-0.3, -0.25) is 4.79 Å². The van der Waals surface area contributed by atoms with E-state index in [-0.39, 0.29) is 12.7 Å². The fraction of sp³-hybridized carbons (Fsp3) is 0.240. The van der Waals surface area contributed by atoms with E-state index in [0.717, 1.165) is 46.0 Å². The number of nitrogens with one attached hydrogen (secondary N) is 1. The number of imidazole rings is 1. The first-order valence-corrected chi connectivity index (χ1v) is 10.8. The summed E-state index contributed by atoms with van der Waals surface area (Å²) in [5, 5.41) is 7.80. The van der Waals surface area contributed by atoms with Crippen molar-refractivity contribution in [1.82, 2.24) is 24.8 Å². The van der Waals surface area contributed by atoms with Crippen LogP contribution in [-0.2, 0) is 11.3 Å². The van der Waals surface area contributed by atoms with Crippen LogP contribution in [0.25, 0.3) is 28.2 Å². The molecule has 0 unspecified atom stereocenters. The zero-order valence-corrected chi connectivity index (χ0v) is 18.6. The minimum Gasteiger partial charge on any atom is -0.467 e. The molecule has 0 aliphatic carbocycles. The normalized spacial score (nSPS) is 13.1. The molecule has 2 aromatic heterocycles. The van der Waals surface area contributed by atoms with E-state index in [1.54, 1.807) is 0 Å². The highest BCUT2D eigenvalue weighted by atomic mass is 16.7. The summed E-state index contributed by atoms with van der Waals surface area (Å²) in [6.45, 7) is 2.11. The average molecular weight is 444 g/mol. The van der Waals surface area contributed by atoms with Gasteiger partial charge in [0.2, 0.25) is 0 Å². The molecule has 4 aromatic rings. The molecule has 0 saturated carbocycles. The lowest BCUT2D eigenvalue weighted by molar-refractivity contribution is -0.0160. The van der Waals surface area contributed by atoms with E-state index >= 15 is 0 Å². The highest BCUT2D eigenvalue weighted by Gasteiger charge is 2.19. The Morgan fingerprint density at radius 3 is 2.91 bits per heavy atom. The lowest BCUT2D eigenvalue weighted by Crippen LogP contribution is -2.31. The first-order valence-electron chi connectivity index (χ1n) is 10.8. The Hall–Kier alpha value is -3.75. The van der Waals surface area contributed by atoms with Crippen molar-refractivity contribution in [2.24, 2.45) is 0 Å². The van der Waals surface area contributed by atoms with E-state index in [4.69, 9.17) is 14.6 Å². The molecule has 0 spiro atoms. The van der Waals surface area contributed by atoms with Crippen LogP contribution in [0.5, 0.6) is 5.75 Å². The van der Waals surface area contributed by atoms with Crippen LogP contribution >= 0.6 is 0 Å². The maximum Gasteiger partial charge on any atom is 0.251 e. The van der Waals surface area contributed by atoms with E-state index in [2.05, 4.69) is 10.3 Å². The second-order valence-electron chi connectivity index (χ2n) is 8.16. The van der Waals surface area contributed by atoms with Gasteiger partial charge in [-0.05, 0) is 44.4 Å². The second kappa shape index (κ2) is 9.01. The molecule has 1 aliphatic heterocycles. The third kappa shape index (κ3) is 4.30. The van der Waals surface area contributed by atoms with E-state index in [1.807, 2.05) is 84.3 Å². The molecule has 1 amide bonds. The van der Waals surface area contributed by atoms with Gasteiger partial charge < -0.3 is 19.7 Å². The molecule has 0 atom stereocenters. The van der Waals surface area contributed by atoms with Crippen LogP contribution < -0.4 is 10.1 Å². The molecule has 2 aromatic carbocycles. The fourth-order valence-corrected chi connectivity index (χ4v) is 3.86. The highest BCUT2D eigenvalue weighted by molar-refractivity contribution is 5.95. The SMILES string of the molecule is CN(C)CCNC(=O)c1cccc(-c2ccc3ncc(-c4cccc5c4COCO5)n3n2)c1. The van der Waals surface area contributed by atoms with Crippen molar-refractivity contribution >= 4 is 11.6 Å². The van der Waals surface area contributed by atoms with Crippen LogP contribution in [0.15, 0.2) is 60.8 Å². The van der Waals surface area contributed by atoms with Crippen molar-refractivity contribution < 1.29 is 14.3 Å². The summed E-state index contributed by atoms with van der Waals surface area (Å²) in [6, 6.07) is 17.3. The predicted octanol–water partition coefficient (Wildman–Crippen LogP) is 3.22. The number of fused-ring (bicyclic) bond motifs is 2. The number of aromatic nitrogens is 3. The number of carbonyl (C=O) groups is 1. The molecular formula is C25H25N5O3. The molecule has 8 heteroatoms. The van der Waals surface area contributed by atoms with Gasteiger partial charge in [-0.15, -0.1) is 0 Å². The Kier molecular flexibility index (Phi) is 5.77. The topological polar surface area (TPSA) is 81.0 Å². The number of amides is 1. The molecule has 0 saturated heterocycles. The lowest BCUT2D eigenvalue weighted by Gasteiger charge is -2.20. The number of hydrogen-bond donors (Lipinski definition) is 1. The number of hydrogen-bond acceptors (Lipinski definition) is 6. The molecule has 1 aliphatic rings. The van der Waals surface area contributed by atoms with Gasteiger partial charge in [-0.25, -0.2) is 9.50 Å². The molecule has 5 rings (SSSR count). The molecule has 1 N–H and O–H groups in total. The van der Waals surface area contributed by atoms with Crippen LogP contribution in [0.1, 0.15) is 15.9 Å². The molecule has 3 heterocycles. The van der Waals surface area contributed by atoms with Crippen molar-refractivity contribution in [3.8, 4) is 28.3 Å². The summed E-state index contributed by atoms with van der Waals surface area (Å²) in [4.78, 5) is 19.1. The minimum absolute atomic E-state index is 0.0981. The van der Waals surface area contributed by atoms with Crippen LogP contribution in [0.2, 0.25) is 0 Å². The van der Waals surface area contributed by atoms with Gasteiger partial charge in [-0.2, -0.15) is 5.10 Å². The predicted molar refractivity (Wildman–Crippen MR) is 125 cm³/mol. The van der Waals surface area contributed by atoms with Crippen LogP contribution in [-0.4, -0.2) is 59.4 Å². The Bertz CT molecular complexity index is 1310. The van der Waals surface area contributed by atoms with Crippen molar-refractivity contribution in [2.45, 2.75) is 6.61 Å². The van der Waals surface area contributed by atoms with Gasteiger partial charge >= 0.3 is 0 Å². The fourth-order valence-electron chi connectivity index (χ4n) is 3.86. The summed E-state index contributed by atoms with van der Waals surface area (Å²) in [5.41, 5.74) is 5.76. The number of likely N-dealkylation sites (N-methyl/N-ethyl adjacent to an activating group) is 1. The average Bonchev–Trinajstić information content (AvgIpc) is 3.26. The summed E-state index contributed by atoms with van der Waals surface area (Å²) in [5.74, 6) is 0.719. The van der Waals surface area contributed by atoms with Gasteiger partial charge in [0.05, 0.1) is 24.2 Å². The minimum atomic E-state index is -0.0981. The molecule has 0 radical (unpaired) electrons. The number of rotatable bonds is 6. The smallest absolute Gasteiger partial charge is 0.251 e. The van der Waals surface area contributed by atoms with Crippen LogP contribution in [0.3, 0.4) is 0 Å². The van der Waals surface area contributed by atoms with Gasteiger partial charge in [0, 0.05) is 35.3 Å². The van der Waals surface area contributed by atoms with E-state index in [1.165, 1.54) is 0 Å². The van der Waals surface area contributed by atoms with Crippen molar-refractivity contribution in [3.05, 3.63) is 71.9 Å². The maximum absolute atomic E-state index is 12.6. The molecule has 168 valence electrons. The third-order valence-electron chi connectivity index (χ3n) is 5.58. The first kappa shape index (κ1) is 21.1. The number of carbonyl (C=O) groups excluding carboxylic acids is 1. The molecular weight excluding hydrogens is 418 g/mol. The van der Waals surface area contributed by atoms with Crippen molar-refractivity contribution in [3.63, 3.8) is 0 Å². The molecule has 0 fully saturated rings. The number of ether oxygens (including phenoxy) is 2. The quantitative estimate of drug-likeness (QED) is 0.493. The third-order valence-corrected chi connectivity index (χ3v) is 5.58. The Balaban J connectivity index is 1.48. The summed E-state index contributed by atoms with van der Waals surface area (Å²) >= 11 is 0. The van der Waals surface area contributed by atoms with Gasteiger partial charge in [0.25, 0.3) is 5.91 Å².